The number of ether oxygens (including phenoxy) is 1. The third-order valence-electron chi connectivity index (χ3n) is 5.35. The molecule has 0 amide bonds. The van der Waals surface area contributed by atoms with Gasteiger partial charge in [-0.1, -0.05) is 23.5 Å². The third kappa shape index (κ3) is 4.67. The maximum Gasteiger partial charge on any atom is 0.246 e. The third-order valence-corrected chi connectivity index (χ3v) is 8.19. The normalized spacial score (nSPS) is 15.4. The standard InChI is InChI=1S/C22H24N4O4S2/c1-15-6-7-18(30-2)20(13-15)32(28,29)26-11-8-16(9-12-26)25-22-24-14-19(31-22)21(27)17-5-3-4-10-23-17/h3-7,10,13-14,16H,8-9,11-12H2,1-2H3,(H,24,25). The Morgan fingerprint density at radius 2 is 1.97 bits per heavy atom. The van der Waals surface area contributed by atoms with Crippen molar-refractivity contribution in [2.75, 3.05) is 25.5 Å². The minimum atomic E-state index is -3.65. The van der Waals surface area contributed by atoms with Gasteiger partial charge in [0.15, 0.2) is 5.13 Å². The Morgan fingerprint density at radius 3 is 2.66 bits per heavy atom. The number of methoxy groups -OCH3 is 1. The molecular weight excluding hydrogens is 448 g/mol. The molecular formula is C22H24N4O4S2. The van der Waals surface area contributed by atoms with Crippen molar-refractivity contribution in [3.63, 3.8) is 0 Å². The van der Waals surface area contributed by atoms with Crippen LogP contribution in [0.3, 0.4) is 0 Å². The molecule has 1 fully saturated rings. The average Bonchev–Trinajstić information content (AvgIpc) is 3.28. The van der Waals surface area contributed by atoms with Crippen molar-refractivity contribution in [2.45, 2.75) is 30.7 Å². The van der Waals surface area contributed by atoms with E-state index < -0.39 is 10.0 Å². The van der Waals surface area contributed by atoms with E-state index in [1.54, 1.807) is 42.7 Å². The highest BCUT2D eigenvalue weighted by atomic mass is 32.2. The molecule has 1 saturated heterocycles. The Kier molecular flexibility index (Phi) is 6.54. The number of anilines is 1. The first kappa shape index (κ1) is 22.4. The monoisotopic (exact) mass is 472 g/mol. The maximum atomic E-state index is 13.2. The van der Waals surface area contributed by atoms with Crippen LogP contribution in [-0.4, -0.2) is 54.7 Å². The number of nitrogens with zero attached hydrogens (tertiary/aromatic N) is 3. The van der Waals surface area contributed by atoms with Crippen molar-refractivity contribution in [1.29, 1.82) is 0 Å². The van der Waals surface area contributed by atoms with Crippen LogP contribution in [0, 0.1) is 6.92 Å². The summed E-state index contributed by atoms with van der Waals surface area (Å²) >= 11 is 1.28. The number of aryl methyl sites for hydroxylation is 1. The molecule has 10 heteroatoms. The molecule has 3 aromatic rings. The van der Waals surface area contributed by atoms with Gasteiger partial charge in [0.2, 0.25) is 15.8 Å². The molecule has 0 saturated carbocycles. The largest absolute Gasteiger partial charge is 0.495 e. The quantitative estimate of drug-likeness (QED) is 0.526. The van der Waals surface area contributed by atoms with E-state index in [1.807, 2.05) is 13.0 Å². The smallest absolute Gasteiger partial charge is 0.246 e. The number of nitrogens with one attached hydrogen (secondary N) is 1. The lowest BCUT2D eigenvalue weighted by Gasteiger charge is -2.31. The fourth-order valence-corrected chi connectivity index (χ4v) is 6.16. The van der Waals surface area contributed by atoms with E-state index in [-0.39, 0.29) is 16.7 Å². The summed E-state index contributed by atoms with van der Waals surface area (Å²) in [6.07, 6.45) is 4.40. The van der Waals surface area contributed by atoms with Gasteiger partial charge in [-0.15, -0.1) is 0 Å². The van der Waals surface area contributed by atoms with Crippen LogP contribution in [0.15, 0.2) is 53.7 Å². The highest BCUT2D eigenvalue weighted by Gasteiger charge is 2.32. The summed E-state index contributed by atoms with van der Waals surface area (Å²) in [7, 11) is -2.17. The van der Waals surface area contributed by atoms with E-state index in [2.05, 4.69) is 15.3 Å². The van der Waals surface area contributed by atoms with Gasteiger partial charge in [0.25, 0.3) is 0 Å². The number of aromatic nitrogens is 2. The van der Waals surface area contributed by atoms with Gasteiger partial charge >= 0.3 is 0 Å². The van der Waals surface area contributed by atoms with Crippen LogP contribution in [0.1, 0.15) is 33.8 Å². The number of thiazole rings is 1. The van der Waals surface area contributed by atoms with Gasteiger partial charge in [-0.05, 0) is 49.6 Å². The maximum absolute atomic E-state index is 13.2. The van der Waals surface area contributed by atoms with Gasteiger partial charge in [-0.25, -0.2) is 13.4 Å². The van der Waals surface area contributed by atoms with Gasteiger partial charge in [0.05, 0.1) is 18.2 Å². The molecule has 1 aliphatic heterocycles. The molecule has 32 heavy (non-hydrogen) atoms. The SMILES string of the molecule is COc1ccc(C)cc1S(=O)(=O)N1CCC(Nc2ncc(C(=O)c3ccccn3)s2)CC1. The second-order valence-corrected chi connectivity index (χ2v) is 10.5. The van der Waals surface area contributed by atoms with Crippen molar-refractivity contribution in [2.24, 2.45) is 0 Å². The van der Waals surface area contributed by atoms with Crippen LogP contribution >= 0.6 is 11.3 Å². The Labute approximate surface area is 191 Å². The zero-order chi connectivity index (χ0) is 22.7. The van der Waals surface area contributed by atoms with Gasteiger partial charge in [0, 0.05) is 25.3 Å². The molecule has 1 aliphatic rings. The summed E-state index contributed by atoms with van der Waals surface area (Å²) < 4.78 is 33.1. The molecule has 2 aromatic heterocycles. The summed E-state index contributed by atoms with van der Waals surface area (Å²) in [5.41, 5.74) is 1.24. The number of rotatable bonds is 7. The van der Waals surface area contributed by atoms with E-state index in [4.69, 9.17) is 4.74 Å². The number of hydrogen-bond acceptors (Lipinski definition) is 8. The van der Waals surface area contributed by atoms with Gasteiger partial charge in [-0.2, -0.15) is 4.31 Å². The molecule has 0 radical (unpaired) electrons. The minimum Gasteiger partial charge on any atom is -0.495 e. The molecule has 1 aromatic carbocycles. The summed E-state index contributed by atoms with van der Waals surface area (Å²) in [5.74, 6) is 0.188. The number of carbonyl (C=O) groups is 1. The molecule has 0 spiro atoms. The zero-order valence-electron chi connectivity index (χ0n) is 17.8. The van der Waals surface area contributed by atoms with Crippen molar-refractivity contribution >= 4 is 32.3 Å². The van der Waals surface area contributed by atoms with Crippen LogP contribution in [0.25, 0.3) is 0 Å². The highest BCUT2D eigenvalue weighted by Crippen LogP contribution is 2.30. The van der Waals surface area contributed by atoms with Crippen molar-refractivity contribution in [3.8, 4) is 5.75 Å². The highest BCUT2D eigenvalue weighted by molar-refractivity contribution is 7.89. The predicted molar refractivity (Wildman–Crippen MR) is 123 cm³/mol. The second-order valence-electron chi connectivity index (χ2n) is 7.55. The van der Waals surface area contributed by atoms with Crippen LogP contribution < -0.4 is 10.1 Å². The lowest BCUT2D eigenvalue weighted by atomic mass is 10.1. The van der Waals surface area contributed by atoms with Crippen molar-refractivity contribution in [3.05, 3.63) is 64.9 Å². The lowest BCUT2D eigenvalue weighted by Crippen LogP contribution is -2.42. The van der Waals surface area contributed by atoms with Gasteiger partial charge < -0.3 is 10.1 Å². The van der Waals surface area contributed by atoms with E-state index in [9.17, 15) is 13.2 Å². The Hall–Kier alpha value is -2.82. The predicted octanol–water partition coefficient (Wildman–Crippen LogP) is 3.35. The van der Waals surface area contributed by atoms with Crippen molar-refractivity contribution < 1.29 is 17.9 Å². The molecule has 0 atom stereocenters. The molecule has 168 valence electrons. The molecule has 0 unspecified atom stereocenters. The van der Waals surface area contributed by atoms with Crippen LogP contribution in [-0.2, 0) is 10.0 Å². The Balaban J connectivity index is 1.39. The number of sulfonamides is 1. The molecule has 4 rings (SSSR count). The first-order valence-electron chi connectivity index (χ1n) is 10.2. The Morgan fingerprint density at radius 1 is 1.19 bits per heavy atom. The Bertz CT molecular complexity index is 1200. The van der Waals surface area contributed by atoms with Crippen molar-refractivity contribution in [1.82, 2.24) is 14.3 Å². The first-order valence-corrected chi connectivity index (χ1v) is 12.5. The number of benzene rings is 1. The fraction of sp³-hybridized carbons (Fsp3) is 0.318. The van der Waals surface area contributed by atoms with Gasteiger partial charge in [0.1, 0.15) is 16.3 Å². The van der Waals surface area contributed by atoms with E-state index in [0.717, 1.165) is 5.56 Å². The minimum absolute atomic E-state index is 0.0739. The van der Waals surface area contributed by atoms with E-state index in [1.165, 1.54) is 22.8 Å². The summed E-state index contributed by atoms with van der Waals surface area (Å²) in [4.78, 5) is 21.6. The molecule has 8 nitrogen and oxygen atoms in total. The van der Waals surface area contributed by atoms with Gasteiger partial charge in [-0.3, -0.25) is 9.78 Å². The van der Waals surface area contributed by atoms with E-state index >= 15 is 0 Å². The topological polar surface area (TPSA) is 101 Å². The summed E-state index contributed by atoms with van der Waals surface area (Å²) in [6, 6.07) is 10.4. The molecule has 0 aliphatic carbocycles. The number of pyridine rings is 1. The summed E-state index contributed by atoms with van der Waals surface area (Å²) in [5, 5.41) is 3.98. The van der Waals surface area contributed by atoms with Crippen LogP contribution in [0.4, 0.5) is 5.13 Å². The summed E-state index contributed by atoms with van der Waals surface area (Å²) in [6.45, 7) is 2.64. The van der Waals surface area contributed by atoms with Crippen LogP contribution in [0.5, 0.6) is 5.75 Å². The van der Waals surface area contributed by atoms with Crippen LogP contribution in [0.2, 0.25) is 0 Å². The first-order chi connectivity index (χ1) is 15.4. The second kappa shape index (κ2) is 9.35. The lowest BCUT2D eigenvalue weighted by molar-refractivity contribution is 0.103. The number of hydrogen-bond donors (Lipinski definition) is 1. The number of piperidine rings is 1. The number of ketones is 1. The molecule has 3 heterocycles. The fourth-order valence-electron chi connectivity index (χ4n) is 3.61. The number of carbonyl (C=O) groups excluding carboxylic acids is 1. The average molecular weight is 473 g/mol. The molecule has 0 bridgehead atoms. The molecule has 1 N–H and O–H groups in total. The zero-order valence-corrected chi connectivity index (χ0v) is 19.4. The van der Waals surface area contributed by atoms with E-state index in [0.29, 0.717) is 47.4 Å².